The molecular weight excluding hydrogens is 148 g/mol. The zero-order valence-electron chi connectivity index (χ0n) is 5.64. The Morgan fingerprint density at radius 3 is 2.91 bits per heavy atom. The van der Waals surface area contributed by atoms with Gasteiger partial charge in [-0.2, -0.15) is 0 Å². The van der Waals surface area contributed by atoms with Gasteiger partial charge < -0.3 is 9.72 Å². The molecule has 2 rings (SSSR count). The fourth-order valence-corrected chi connectivity index (χ4v) is 1.11. The minimum Gasteiger partial charge on any atom is -0.486 e. The Morgan fingerprint density at radius 2 is 2.09 bits per heavy atom. The van der Waals surface area contributed by atoms with Crippen LogP contribution in [0.25, 0.3) is 0 Å². The summed E-state index contributed by atoms with van der Waals surface area (Å²) in [4.78, 5) is 26.2. The summed E-state index contributed by atoms with van der Waals surface area (Å²) in [5.74, 6) is 0.254. The van der Waals surface area contributed by atoms with Gasteiger partial charge >= 0.3 is 5.69 Å². The molecule has 2 N–H and O–H groups in total. The second-order valence-electron chi connectivity index (χ2n) is 2.31. The average Bonchev–Trinajstić information content (AvgIpc) is 2.34. The molecule has 5 nitrogen and oxygen atoms in total. The summed E-state index contributed by atoms with van der Waals surface area (Å²) in [7, 11) is 0. The van der Waals surface area contributed by atoms with Crippen LogP contribution in [0.5, 0.6) is 5.75 Å². The summed E-state index contributed by atoms with van der Waals surface area (Å²) in [5, 5.41) is 0. The minimum absolute atomic E-state index is 0.254. The third-order valence-corrected chi connectivity index (χ3v) is 1.57. The normalized spacial score (nSPS) is 14.2. The number of H-pyrrole nitrogens is 2. The third kappa shape index (κ3) is 0.849. The van der Waals surface area contributed by atoms with Crippen molar-refractivity contribution < 1.29 is 4.74 Å². The summed E-state index contributed by atoms with van der Waals surface area (Å²) in [6, 6.07) is 0. The lowest BCUT2D eigenvalue weighted by Gasteiger charge is -1.93. The van der Waals surface area contributed by atoms with Crippen LogP contribution < -0.4 is 16.0 Å². The Labute approximate surface area is 61.0 Å². The van der Waals surface area contributed by atoms with E-state index in [2.05, 4.69) is 9.97 Å². The number of ether oxygens (including phenoxy) is 1. The lowest BCUT2D eigenvalue weighted by Crippen LogP contribution is -2.23. The zero-order valence-corrected chi connectivity index (χ0v) is 5.64. The van der Waals surface area contributed by atoms with Crippen LogP contribution in [0.4, 0.5) is 0 Å². The fraction of sp³-hybridized carbons (Fsp3) is 0.333. The Morgan fingerprint density at radius 1 is 1.27 bits per heavy atom. The molecule has 1 aliphatic rings. The van der Waals surface area contributed by atoms with Crippen molar-refractivity contribution in [2.75, 3.05) is 6.61 Å². The number of nitrogens with one attached hydrogen (secondary N) is 2. The third-order valence-electron chi connectivity index (χ3n) is 1.57. The minimum atomic E-state index is -0.473. The molecule has 1 aromatic rings. The maximum absolute atomic E-state index is 10.9. The molecule has 11 heavy (non-hydrogen) atoms. The average molecular weight is 154 g/mol. The molecule has 0 spiro atoms. The summed E-state index contributed by atoms with van der Waals surface area (Å²) < 4.78 is 4.97. The van der Waals surface area contributed by atoms with E-state index in [-0.39, 0.29) is 5.75 Å². The highest BCUT2D eigenvalue weighted by molar-refractivity contribution is 5.26. The standard InChI is InChI=1S/C6H6N2O3/c9-5-4-3(1-2-11-4)7-6(10)8-5/h1-2H2,(H2,7,8,9,10). The van der Waals surface area contributed by atoms with E-state index in [0.717, 1.165) is 0 Å². The van der Waals surface area contributed by atoms with Gasteiger partial charge in [0.25, 0.3) is 5.56 Å². The SMILES string of the molecule is O=c1[nH]c2c(c(=O)[nH]1)OCC2. The van der Waals surface area contributed by atoms with Gasteiger partial charge in [0, 0.05) is 6.42 Å². The second kappa shape index (κ2) is 1.98. The van der Waals surface area contributed by atoms with Crippen LogP contribution in [0.2, 0.25) is 0 Å². The van der Waals surface area contributed by atoms with Gasteiger partial charge in [-0.1, -0.05) is 0 Å². The van der Waals surface area contributed by atoms with Crippen LogP contribution in [-0.4, -0.2) is 16.6 Å². The molecule has 0 aromatic carbocycles. The Bertz CT molecular complexity index is 390. The van der Waals surface area contributed by atoms with Crippen LogP contribution in [0.1, 0.15) is 5.69 Å². The maximum atomic E-state index is 10.9. The summed E-state index contributed by atoms with van der Waals surface area (Å²) >= 11 is 0. The van der Waals surface area contributed by atoms with E-state index in [9.17, 15) is 9.59 Å². The zero-order chi connectivity index (χ0) is 7.84. The molecule has 58 valence electrons. The topological polar surface area (TPSA) is 75.0 Å². The first-order valence-electron chi connectivity index (χ1n) is 3.25. The summed E-state index contributed by atoms with van der Waals surface area (Å²) in [5.41, 5.74) is -0.320. The van der Waals surface area contributed by atoms with Crippen molar-refractivity contribution in [3.8, 4) is 5.75 Å². The smallest absolute Gasteiger partial charge is 0.326 e. The highest BCUT2D eigenvalue weighted by atomic mass is 16.5. The van der Waals surface area contributed by atoms with E-state index < -0.39 is 11.2 Å². The van der Waals surface area contributed by atoms with Crippen molar-refractivity contribution in [1.82, 2.24) is 9.97 Å². The molecule has 0 amide bonds. The quantitative estimate of drug-likeness (QED) is 0.503. The molecule has 0 saturated carbocycles. The molecule has 0 atom stereocenters. The van der Waals surface area contributed by atoms with Gasteiger partial charge in [0.15, 0.2) is 0 Å². The molecule has 0 bridgehead atoms. The van der Waals surface area contributed by atoms with E-state index in [0.29, 0.717) is 18.7 Å². The van der Waals surface area contributed by atoms with E-state index in [4.69, 9.17) is 4.74 Å². The first-order chi connectivity index (χ1) is 5.27. The summed E-state index contributed by atoms with van der Waals surface area (Å²) in [6.45, 7) is 0.471. The number of fused-ring (bicyclic) bond motifs is 1. The monoisotopic (exact) mass is 154 g/mol. The summed E-state index contributed by atoms with van der Waals surface area (Å²) in [6.07, 6.45) is 0.606. The number of hydrogen-bond donors (Lipinski definition) is 2. The van der Waals surface area contributed by atoms with Gasteiger partial charge in [0.2, 0.25) is 5.75 Å². The number of rotatable bonds is 0. The van der Waals surface area contributed by atoms with Gasteiger partial charge in [-0.05, 0) is 0 Å². The van der Waals surface area contributed by atoms with E-state index in [1.165, 1.54) is 0 Å². The van der Waals surface area contributed by atoms with Gasteiger partial charge in [0.1, 0.15) is 0 Å². The second-order valence-corrected chi connectivity index (χ2v) is 2.31. The van der Waals surface area contributed by atoms with Crippen LogP contribution in [0, 0.1) is 0 Å². The molecule has 0 unspecified atom stereocenters. The lowest BCUT2D eigenvalue weighted by atomic mass is 10.3. The molecular formula is C6H6N2O3. The van der Waals surface area contributed by atoms with Crippen LogP contribution in [-0.2, 0) is 6.42 Å². The Hall–Kier alpha value is -1.52. The van der Waals surface area contributed by atoms with Crippen LogP contribution in [0.3, 0.4) is 0 Å². The van der Waals surface area contributed by atoms with E-state index >= 15 is 0 Å². The predicted molar refractivity (Wildman–Crippen MR) is 36.9 cm³/mol. The van der Waals surface area contributed by atoms with Crippen molar-refractivity contribution in [2.24, 2.45) is 0 Å². The van der Waals surface area contributed by atoms with Crippen molar-refractivity contribution in [1.29, 1.82) is 0 Å². The molecule has 0 radical (unpaired) electrons. The van der Waals surface area contributed by atoms with Gasteiger partial charge in [-0.3, -0.25) is 9.78 Å². The number of aromatic nitrogens is 2. The number of aromatic amines is 2. The molecule has 2 heterocycles. The van der Waals surface area contributed by atoms with E-state index in [1.807, 2.05) is 0 Å². The molecule has 0 saturated heterocycles. The fourth-order valence-electron chi connectivity index (χ4n) is 1.11. The first kappa shape index (κ1) is 6.21. The van der Waals surface area contributed by atoms with Crippen LogP contribution in [0.15, 0.2) is 9.59 Å². The maximum Gasteiger partial charge on any atom is 0.326 e. The highest BCUT2D eigenvalue weighted by Gasteiger charge is 2.16. The predicted octanol–water partition coefficient (Wildman–Crippen LogP) is -1.00. The molecule has 1 aliphatic heterocycles. The van der Waals surface area contributed by atoms with Crippen molar-refractivity contribution in [3.63, 3.8) is 0 Å². The molecule has 5 heteroatoms. The molecule has 1 aromatic heterocycles. The van der Waals surface area contributed by atoms with Crippen LogP contribution >= 0.6 is 0 Å². The number of hydrogen-bond acceptors (Lipinski definition) is 3. The van der Waals surface area contributed by atoms with Crippen molar-refractivity contribution in [3.05, 3.63) is 26.5 Å². The Balaban J connectivity index is 2.80. The van der Waals surface area contributed by atoms with Gasteiger partial charge in [-0.15, -0.1) is 0 Å². The highest BCUT2D eigenvalue weighted by Crippen LogP contribution is 2.14. The van der Waals surface area contributed by atoms with E-state index in [1.54, 1.807) is 0 Å². The molecule has 0 fully saturated rings. The van der Waals surface area contributed by atoms with Gasteiger partial charge in [0.05, 0.1) is 12.3 Å². The van der Waals surface area contributed by atoms with Crippen molar-refractivity contribution >= 4 is 0 Å². The van der Waals surface area contributed by atoms with Crippen molar-refractivity contribution in [2.45, 2.75) is 6.42 Å². The lowest BCUT2D eigenvalue weighted by molar-refractivity contribution is 0.352. The molecule has 0 aliphatic carbocycles. The first-order valence-corrected chi connectivity index (χ1v) is 3.25. The van der Waals surface area contributed by atoms with Gasteiger partial charge in [-0.25, -0.2) is 4.79 Å². The largest absolute Gasteiger partial charge is 0.486 e. The Kier molecular flexibility index (Phi) is 1.12.